The highest BCUT2D eigenvalue weighted by Gasteiger charge is 2.14. The zero-order valence-electron chi connectivity index (χ0n) is 15.6. The summed E-state index contributed by atoms with van der Waals surface area (Å²) in [6, 6.07) is 16.3. The van der Waals surface area contributed by atoms with Crippen LogP contribution in [0.2, 0.25) is 5.02 Å². The van der Waals surface area contributed by atoms with Crippen LogP contribution in [0.3, 0.4) is 0 Å². The molecule has 3 heterocycles. The molecule has 0 aliphatic carbocycles. The standard InChI is InChI=1S/C22H19ClN4OS/c23-16-3-1-15(2-4-16)19-13-29-22-20(19)21(24-14-25-22)26-17-5-7-18(8-6-17)27-9-11-28-12-10-27/h1-8,13-14H,9-12H2,(H,24,25,26). The van der Waals surface area contributed by atoms with E-state index >= 15 is 0 Å². The van der Waals surface area contributed by atoms with Crippen molar-refractivity contribution in [3.63, 3.8) is 0 Å². The van der Waals surface area contributed by atoms with Gasteiger partial charge in [-0.3, -0.25) is 0 Å². The van der Waals surface area contributed by atoms with Gasteiger partial charge in [-0.05, 0) is 42.0 Å². The van der Waals surface area contributed by atoms with Gasteiger partial charge in [-0.25, -0.2) is 9.97 Å². The molecule has 146 valence electrons. The van der Waals surface area contributed by atoms with Crippen molar-refractivity contribution < 1.29 is 4.74 Å². The highest BCUT2D eigenvalue weighted by molar-refractivity contribution is 7.17. The summed E-state index contributed by atoms with van der Waals surface area (Å²) >= 11 is 7.67. The van der Waals surface area contributed by atoms with Crippen LogP contribution in [0.5, 0.6) is 0 Å². The van der Waals surface area contributed by atoms with E-state index in [0.29, 0.717) is 0 Å². The Morgan fingerprint density at radius 3 is 2.48 bits per heavy atom. The molecule has 7 heteroatoms. The number of nitrogens with one attached hydrogen (secondary N) is 1. The molecular weight excluding hydrogens is 404 g/mol. The Labute approximate surface area is 177 Å². The Balaban J connectivity index is 1.46. The van der Waals surface area contributed by atoms with Gasteiger partial charge in [0.2, 0.25) is 0 Å². The fourth-order valence-electron chi connectivity index (χ4n) is 3.53. The van der Waals surface area contributed by atoms with E-state index < -0.39 is 0 Å². The number of hydrogen-bond acceptors (Lipinski definition) is 6. The molecule has 1 saturated heterocycles. The topological polar surface area (TPSA) is 50.3 Å². The minimum atomic E-state index is 0.725. The Hall–Kier alpha value is -2.67. The third-order valence-electron chi connectivity index (χ3n) is 5.03. The van der Waals surface area contributed by atoms with E-state index in [-0.39, 0.29) is 0 Å². The first kappa shape index (κ1) is 18.4. The third kappa shape index (κ3) is 3.79. The number of hydrogen-bond donors (Lipinski definition) is 1. The zero-order valence-corrected chi connectivity index (χ0v) is 17.2. The van der Waals surface area contributed by atoms with Crippen molar-refractivity contribution in [3.8, 4) is 11.1 Å². The summed E-state index contributed by atoms with van der Waals surface area (Å²) in [7, 11) is 0. The highest BCUT2D eigenvalue weighted by atomic mass is 35.5. The Morgan fingerprint density at radius 1 is 0.966 bits per heavy atom. The fourth-order valence-corrected chi connectivity index (χ4v) is 4.57. The second kappa shape index (κ2) is 7.99. The lowest BCUT2D eigenvalue weighted by atomic mass is 10.1. The molecule has 4 aromatic rings. The molecule has 0 bridgehead atoms. The van der Waals surface area contributed by atoms with Crippen LogP contribution in [0, 0.1) is 0 Å². The number of fused-ring (bicyclic) bond motifs is 1. The van der Waals surface area contributed by atoms with Gasteiger partial charge in [-0.1, -0.05) is 23.7 Å². The average molecular weight is 423 g/mol. The number of rotatable bonds is 4. The van der Waals surface area contributed by atoms with Crippen LogP contribution >= 0.6 is 22.9 Å². The smallest absolute Gasteiger partial charge is 0.143 e. The fraction of sp³-hybridized carbons (Fsp3) is 0.182. The highest BCUT2D eigenvalue weighted by Crippen LogP contribution is 2.37. The van der Waals surface area contributed by atoms with Crippen LogP contribution < -0.4 is 10.2 Å². The zero-order chi connectivity index (χ0) is 19.6. The summed E-state index contributed by atoms with van der Waals surface area (Å²) in [5.74, 6) is 0.806. The molecule has 1 aliphatic heterocycles. The molecule has 1 fully saturated rings. The van der Waals surface area contributed by atoms with E-state index in [1.165, 1.54) is 5.69 Å². The lowest BCUT2D eigenvalue weighted by Crippen LogP contribution is -2.36. The molecule has 5 nitrogen and oxygen atoms in total. The maximum atomic E-state index is 6.05. The second-order valence-electron chi connectivity index (χ2n) is 6.83. The molecule has 5 rings (SSSR count). The lowest BCUT2D eigenvalue weighted by molar-refractivity contribution is 0.122. The summed E-state index contributed by atoms with van der Waals surface area (Å²) in [5.41, 5.74) is 4.41. The van der Waals surface area contributed by atoms with Crippen LogP contribution in [0.25, 0.3) is 21.3 Å². The number of aromatic nitrogens is 2. The van der Waals surface area contributed by atoms with Crippen molar-refractivity contribution in [2.24, 2.45) is 0 Å². The average Bonchev–Trinajstić information content (AvgIpc) is 3.21. The van der Waals surface area contributed by atoms with Crippen LogP contribution in [0.15, 0.2) is 60.2 Å². The SMILES string of the molecule is Clc1ccc(-c2csc3ncnc(Nc4ccc(N5CCOCC5)cc4)c23)cc1. The van der Waals surface area contributed by atoms with E-state index in [9.17, 15) is 0 Å². The first-order chi connectivity index (χ1) is 14.3. The normalized spacial score (nSPS) is 14.3. The van der Waals surface area contributed by atoms with Crippen LogP contribution in [0.4, 0.5) is 17.2 Å². The number of benzene rings is 2. The third-order valence-corrected chi connectivity index (χ3v) is 6.17. The molecular formula is C22H19ClN4OS. The molecule has 2 aromatic carbocycles. The second-order valence-corrected chi connectivity index (χ2v) is 8.12. The number of halogens is 1. The largest absolute Gasteiger partial charge is 0.378 e. The number of morpholine rings is 1. The maximum absolute atomic E-state index is 6.05. The molecule has 0 saturated carbocycles. The van der Waals surface area contributed by atoms with Gasteiger partial charge in [0.05, 0.1) is 18.6 Å². The Bertz CT molecular complexity index is 1120. The van der Waals surface area contributed by atoms with Crippen molar-refractivity contribution in [1.82, 2.24) is 9.97 Å². The molecule has 0 unspecified atom stereocenters. The Morgan fingerprint density at radius 2 is 1.72 bits per heavy atom. The molecule has 2 aromatic heterocycles. The number of nitrogens with zero attached hydrogens (tertiary/aromatic N) is 3. The summed E-state index contributed by atoms with van der Waals surface area (Å²) in [6.07, 6.45) is 1.61. The van der Waals surface area contributed by atoms with Crippen LogP contribution in [-0.4, -0.2) is 36.3 Å². The van der Waals surface area contributed by atoms with Gasteiger partial charge in [0.15, 0.2) is 0 Å². The minimum Gasteiger partial charge on any atom is -0.378 e. The van der Waals surface area contributed by atoms with E-state index in [4.69, 9.17) is 16.3 Å². The van der Waals surface area contributed by atoms with Crippen molar-refractivity contribution in [1.29, 1.82) is 0 Å². The number of anilines is 3. The van der Waals surface area contributed by atoms with E-state index in [1.54, 1.807) is 17.7 Å². The molecule has 1 aliphatic rings. The predicted octanol–water partition coefficient (Wildman–Crippen LogP) is 5.59. The first-order valence-electron chi connectivity index (χ1n) is 9.46. The van der Waals surface area contributed by atoms with Gasteiger partial charge in [0.25, 0.3) is 0 Å². The van der Waals surface area contributed by atoms with Gasteiger partial charge in [-0.15, -0.1) is 11.3 Å². The lowest BCUT2D eigenvalue weighted by Gasteiger charge is -2.28. The van der Waals surface area contributed by atoms with E-state index in [0.717, 1.165) is 64.2 Å². The molecule has 1 N–H and O–H groups in total. The van der Waals surface area contributed by atoms with Gasteiger partial charge in [-0.2, -0.15) is 0 Å². The Kier molecular flexibility index (Phi) is 5.06. The van der Waals surface area contributed by atoms with E-state index in [1.807, 2.05) is 24.3 Å². The minimum absolute atomic E-state index is 0.725. The van der Waals surface area contributed by atoms with Crippen molar-refractivity contribution >= 4 is 50.3 Å². The molecule has 29 heavy (non-hydrogen) atoms. The van der Waals surface area contributed by atoms with Gasteiger partial charge < -0.3 is 15.0 Å². The van der Waals surface area contributed by atoms with Gasteiger partial charge >= 0.3 is 0 Å². The number of thiophene rings is 1. The maximum Gasteiger partial charge on any atom is 0.143 e. The van der Waals surface area contributed by atoms with Crippen molar-refractivity contribution in [3.05, 3.63) is 65.3 Å². The summed E-state index contributed by atoms with van der Waals surface area (Å²) in [6.45, 7) is 3.42. The summed E-state index contributed by atoms with van der Waals surface area (Å²) in [5, 5.41) is 7.34. The van der Waals surface area contributed by atoms with Crippen molar-refractivity contribution in [2.45, 2.75) is 0 Å². The van der Waals surface area contributed by atoms with Gasteiger partial charge in [0, 0.05) is 40.4 Å². The van der Waals surface area contributed by atoms with Crippen LogP contribution in [-0.2, 0) is 4.74 Å². The monoisotopic (exact) mass is 422 g/mol. The molecule has 0 atom stereocenters. The first-order valence-corrected chi connectivity index (χ1v) is 10.7. The molecule has 0 radical (unpaired) electrons. The van der Waals surface area contributed by atoms with Crippen LogP contribution in [0.1, 0.15) is 0 Å². The predicted molar refractivity (Wildman–Crippen MR) is 121 cm³/mol. The van der Waals surface area contributed by atoms with E-state index in [2.05, 4.69) is 49.8 Å². The van der Waals surface area contributed by atoms with Gasteiger partial charge in [0.1, 0.15) is 17.0 Å². The summed E-state index contributed by atoms with van der Waals surface area (Å²) in [4.78, 5) is 12.3. The quantitative estimate of drug-likeness (QED) is 0.464. The summed E-state index contributed by atoms with van der Waals surface area (Å²) < 4.78 is 5.44. The molecule has 0 spiro atoms. The van der Waals surface area contributed by atoms with Crippen molar-refractivity contribution in [2.75, 3.05) is 36.5 Å². The number of ether oxygens (including phenoxy) is 1. The molecule has 0 amide bonds.